The fraction of sp³-hybridized carbons (Fsp3) is 0.353. The summed E-state index contributed by atoms with van der Waals surface area (Å²) in [6.07, 6.45) is 1.25. The van der Waals surface area contributed by atoms with Crippen molar-refractivity contribution in [2.45, 2.75) is 19.8 Å². The van der Waals surface area contributed by atoms with Gasteiger partial charge in [-0.05, 0) is 25.2 Å². The molecule has 0 aliphatic heterocycles. The highest BCUT2D eigenvalue weighted by atomic mass is 32.1. The number of carbonyl (C=O) groups excluding carboxylic acids is 1. The molecule has 132 valence electrons. The van der Waals surface area contributed by atoms with Gasteiger partial charge in [0.05, 0.1) is 5.52 Å². The average Bonchev–Trinajstić information content (AvgIpc) is 2.92. The number of pyridine rings is 1. The average molecular weight is 358 g/mol. The van der Waals surface area contributed by atoms with Crippen LogP contribution in [0.3, 0.4) is 0 Å². The predicted octanol–water partition coefficient (Wildman–Crippen LogP) is 1.84. The van der Waals surface area contributed by atoms with Crippen LogP contribution in [0.4, 0.5) is 5.82 Å². The van der Waals surface area contributed by atoms with E-state index in [0.29, 0.717) is 36.6 Å². The molecular formula is C17H22N6OS. The Labute approximate surface area is 151 Å². The van der Waals surface area contributed by atoms with Gasteiger partial charge in [0.1, 0.15) is 16.9 Å². The molecule has 8 heteroatoms. The molecule has 2 aromatic heterocycles. The smallest absolute Gasteiger partial charge is 0.220 e. The van der Waals surface area contributed by atoms with Gasteiger partial charge in [0, 0.05) is 24.9 Å². The van der Waals surface area contributed by atoms with Crippen molar-refractivity contribution in [3.63, 3.8) is 0 Å². The van der Waals surface area contributed by atoms with E-state index >= 15 is 0 Å². The molecule has 25 heavy (non-hydrogen) atoms. The molecule has 7 nitrogen and oxygen atoms in total. The van der Waals surface area contributed by atoms with Gasteiger partial charge in [-0.15, -0.1) is 0 Å². The number of hydrogen-bond acceptors (Lipinski definition) is 6. The molecule has 0 fully saturated rings. The minimum absolute atomic E-state index is 0.0316. The summed E-state index contributed by atoms with van der Waals surface area (Å²) < 4.78 is 1.95. The Morgan fingerprint density at radius 2 is 2.08 bits per heavy atom. The van der Waals surface area contributed by atoms with Gasteiger partial charge in [0.2, 0.25) is 5.91 Å². The van der Waals surface area contributed by atoms with E-state index < -0.39 is 0 Å². The molecule has 1 amide bonds. The van der Waals surface area contributed by atoms with Gasteiger partial charge in [-0.1, -0.05) is 18.2 Å². The Hall–Kier alpha value is -2.48. The van der Waals surface area contributed by atoms with Crippen LogP contribution >= 0.6 is 12.6 Å². The summed E-state index contributed by atoms with van der Waals surface area (Å²) in [6.45, 7) is 3.25. The zero-order chi connectivity index (χ0) is 17.8. The standard InChI is InChI=1S/C17H22N6OS/c1-11-21-15-16(12-5-2-3-6-13(12)22-17(15)18)23(11)20-9-4-8-19-14(24)7-10-25/h2-3,5-6,20,25H,4,7-10H2,1H3,(H2,18,22)(H,19,24). The third kappa shape index (κ3) is 3.63. The quantitative estimate of drug-likeness (QED) is 0.382. The van der Waals surface area contributed by atoms with E-state index in [-0.39, 0.29) is 5.91 Å². The molecule has 0 bridgehead atoms. The van der Waals surface area contributed by atoms with Crippen molar-refractivity contribution in [2.75, 3.05) is 30.0 Å². The third-order valence-corrected chi connectivity index (χ3v) is 4.20. The second-order valence-electron chi connectivity index (χ2n) is 5.79. The highest BCUT2D eigenvalue weighted by molar-refractivity contribution is 7.80. The number of nitrogens with two attached hydrogens (primary N) is 1. The molecule has 0 aliphatic rings. The summed E-state index contributed by atoms with van der Waals surface area (Å²) in [5.74, 6) is 1.84. The molecule has 2 heterocycles. The molecule has 0 radical (unpaired) electrons. The van der Waals surface area contributed by atoms with E-state index in [4.69, 9.17) is 5.73 Å². The fourth-order valence-corrected chi connectivity index (χ4v) is 3.01. The van der Waals surface area contributed by atoms with Crippen molar-refractivity contribution in [2.24, 2.45) is 0 Å². The SMILES string of the molecule is Cc1nc2c(N)nc3ccccc3c2n1NCCCNC(=O)CCS. The lowest BCUT2D eigenvalue weighted by molar-refractivity contribution is -0.120. The first-order chi connectivity index (χ1) is 12.1. The number of thiol groups is 1. The van der Waals surface area contributed by atoms with E-state index in [2.05, 4.69) is 33.3 Å². The Kier molecular flexibility index (Phi) is 5.28. The number of aryl methyl sites for hydroxylation is 1. The van der Waals surface area contributed by atoms with Gasteiger partial charge in [0.25, 0.3) is 0 Å². The Morgan fingerprint density at radius 3 is 2.88 bits per heavy atom. The van der Waals surface area contributed by atoms with Gasteiger partial charge in [-0.3, -0.25) is 4.79 Å². The Bertz CT molecular complexity index is 907. The second kappa shape index (κ2) is 7.60. The van der Waals surface area contributed by atoms with E-state index in [1.807, 2.05) is 35.9 Å². The number of hydrogen-bond donors (Lipinski definition) is 4. The number of aromatic nitrogens is 3. The minimum atomic E-state index is 0.0316. The molecule has 4 N–H and O–H groups in total. The van der Waals surface area contributed by atoms with Crippen molar-refractivity contribution in [3.8, 4) is 0 Å². The topological polar surface area (TPSA) is 97.9 Å². The highest BCUT2D eigenvalue weighted by Crippen LogP contribution is 2.27. The molecule has 0 atom stereocenters. The highest BCUT2D eigenvalue weighted by Gasteiger charge is 2.14. The summed E-state index contributed by atoms with van der Waals surface area (Å²) in [7, 11) is 0. The van der Waals surface area contributed by atoms with E-state index in [0.717, 1.165) is 28.7 Å². The number of benzene rings is 1. The summed E-state index contributed by atoms with van der Waals surface area (Å²) in [5, 5.41) is 3.87. The van der Waals surface area contributed by atoms with Crippen LogP contribution < -0.4 is 16.5 Å². The van der Waals surface area contributed by atoms with Crippen molar-refractivity contribution >= 4 is 46.3 Å². The lowest BCUT2D eigenvalue weighted by Crippen LogP contribution is -2.27. The van der Waals surface area contributed by atoms with Crippen molar-refractivity contribution in [3.05, 3.63) is 30.1 Å². The van der Waals surface area contributed by atoms with Crippen LogP contribution in [0.25, 0.3) is 21.9 Å². The van der Waals surface area contributed by atoms with Gasteiger partial charge in [-0.2, -0.15) is 12.6 Å². The number of imidazole rings is 1. The van der Waals surface area contributed by atoms with Crippen LogP contribution in [0.2, 0.25) is 0 Å². The number of nitrogens with zero attached hydrogens (tertiary/aromatic N) is 3. The number of nitrogens with one attached hydrogen (secondary N) is 2. The molecule has 1 aromatic carbocycles. The zero-order valence-electron chi connectivity index (χ0n) is 14.1. The maximum absolute atomic E-state index is 11.4. The second-order valence-corrected chi connectivity index (χ2v) is 6.24. The zero-order valence-corrected chi connectivity index (χ0v) is 15.0. The number of rotatable bonds is 7. The molecule has 3 aromatic rings. The van der Waals surface area contributed by atoms with Crippen molar-refractivity contribution in [1.29, 1.82) is 0 Å². The van der Waals surface area contributed by atoms with Crippen molar-refractivity contribution < 1.29 is 4.79 Å². The van der Waals surface area contributed by atoms with Crippen LogP contribution in [-0.2, 0) is 4.79 Å². The first-order valence-electron chi connectivity index (χ1n) is 8.26. The maximum Gasteiger partial charge on any atom is 0.220 e. The van der Waals surface area contributed by atoms with Gasteiger partial charge in [0.15, 0.2) is 5.82 Å². The van der Waals surface area contributed by atoms with Gasteiger partial charge >= 0.3 is 0 Å². The molecule has 0 unspecified atom stereocenters. The van der Waals surface area contributed by atoms with Crippen molar-refractivity contribution in [1.82, 2.24) is 20.0 Å². The lowest BCUT2D eigenvalue weighted by Gasteiger charge is -2.12. The predicted molar refractivity (Wildman–Crippen MR) is 105 cm³/mol. The Balaban J connectivity index is 1.77. The maximum atomic E-state index is 11.4. The summed E-state index contributed by atoms with van der Waals surface area (Å²) in [6, 6.07) is 7.87. The summed E-state index contributed by atoms with van der Waals surface area (Å²) in [5.41, 5.74) is 11.9. The van der Waals surface area contributed by atoms with E-state index in [9.17, 15) is 4.79 Å². The van der Waals surface area contributed by atoms with Crippen LogP contribution in [0.5, 0.6) is 0 Å². The first kappa shape index (κ1) is 17.3. The Morgan fingerprint density at radius 1 is 1.28 bits per heavy atom. The normalized spacial score (nSPS) is 11.1. The molecule has 0 saturated carbocycles. The minimum Gasteiger partial charge on any atom is -0.382 e. The monoisotopic (exact) mass is 358 g/mol. The van der Waals surface area contributed by atoms with Crippen LogP contribution in [0.1, 0.15) is 18.7 Å². The van der Waals surface area contributed by atoms with E-state index in [1.165, 1.54) is 0 Å². The number of fused-ring (bicyclic) bond motifs is 3. The van der Waals surface area contributed by atoms with Gasteiger partial charge in [-0.25, -0.2) is 14.6 Å². The molecule has 3 rings (SSSR count). The molecule has 0 aliphatic carbocycles. The summed E-state index contributed by atoms with van der Waals surface area (Å²) in [4.78, 5) is 20.4. The number of carbonyl (C=O) groups is 1. The fourth-order valence-electron chi connectivity index (χ4n) is 2.80. The molecular weight excluding hydrogens is 336 g/mol. The number of para-hydroxylation sites is 1. The van der Waals surface area contributed by atoms with Gasteiger partial charge < -0.3 is 16.5 Å². The number of nitrogen functional groups attached to an aromatic ring is 1. The number of anilines is 1. The van der Waals surface area contributed by atoms with Crippen LogP contribution in [-0.4, -0.2) is 39.4 Å². The summed E-state index contributed by atoms with van der Waals surface area (Å²) >= 11 is 4.05. The van der Waals surface area contributed by atoms with Crippen LogP contribution in [0.15, 0.2) is 24.3 Å². The lowest BCUT2D eigenvalue weighted by atomic mass is 10.2. The van der Waals surface area contributed by atoms with E-state index in [1.54, 1.807) is 0 Å². The number of amides is 1. The first-order valence-corrected chi connectivity index (χ1v) is 8.89. The molecule has 0 spiro atoms. The largest absolute Gasteiger partial charge is 0.382 e. The van der Waals surface area contributed by atoms with Crippen LogP contribution in [0, 0.1) is 6.92 Å². The third-order valence-electron chi connectivity index (χ3n) is 3.97. The molecule has 0 saturated heterocycles.